The van der Waals surface area contributed by atoms with E-state index in [-0.39, 0.29) is 0 Å². The standard InChI is InChI=1S/C14H19N3O2/c18-14-17-12-8-10(3-4-13(12)19-14)9-15-7-5-11-2-1-6-16-11/h3-4,8,11,15-16H,1-2,5-7,9H2,(H,17,18). The lowest BCUT2D eigenvalue weighted by Gasteiger charge is -2.10. The molecule has 3 N–H and O–H groups in total. The van der Waals surface area contributed by atoms with E-state index in [1.165, 1.54) is 19.3 Å². The smallest absolute Gasteiger partial charge is 0.408 e. The molecule has 1 aliphatic rings. The summed E-state index contributed by atoms with van der Waals surface area (Å²) < 4.78 is 4.98. The van der Waals surface area contributed by atoms with Crippen LogP contribution in [0.4, 0.5) is 0 Å². The molecule has 1 saturated heterocycles. The van der Waals surface area contributed by atoms with Crippen molar-refractivity contribution >= 4 is 11.1 Å². The van der Waals surface area contributed by atoms with Gasteiger partial charge in [0.15, 0.2) is 5.58 Å². The molecular weight excluding hydrogens is 242 g/mol. The summed E-state index contributed by atoms with van der Waals surface area (Å²) in [6.45, 7) is 2.99. The Bertz CT molecular complexity index is 596. The van der Waals surface area contributed by atoms with Crippen molar-refractivity contribution in [3.8, 4) is 0 Å². The summed E-state index contributed by atoms with van der Waals surface area (Å²) in [5, 5.41) is 6.93. The minimum atomic E-state index is -0.396. The molecule has 0 saturated carbocycles. The van der Waals surface area contributed by atoms with Crippen LogP contribution in [0.25, 0.3) is 11.1 Å². The highest BCUT2D eigenvalue weighted by Gasteiger charge is 2.12. The van der Waals surface area contributed by atoms with E-state index in [9.17, 15) is 4.79 Å². The fourth-order valence-electron chi connectivity index (χ4n) is 2.62. The van der Waals surface area contributed by atoms with Gasteiger partial charge in [0.1, 0.15) is 0 Å². The lowest BCUT2D eigenvalue weighted by atomic mass is 10.1. The van der Waals surface area contributed by atoms with Crippen LogP contribution in [-0.4, -0.2) is 24.1 Å². The number of hydrogen-bond acceptors (Lipinski definition) is 4. The summed E-state index contributed by atoms with van der Waals surface area (Å²) in [6, 6.07) is 6.46. The molecule has 2 heterocycles. The molecule has 1 fully saturated rings. The van der Waals surface area contributed by atoms with Crippen molar-refractivity contribution in [3.63, 3.8) is 0 Å². The van der Waals surface area contributed by atoms with Crippen LogP contribution in [0, 0.1) is 0 Å². The molecule has 1 aromatic heterocycles. The topological polar surface area (TPSA) is 70.1 Å². The molecule has 0 bridgehead atoms. The molecule has 1 atom stereocenters. The maximum Gasteiger partial charge on any atom is 0.417 e. The van der Waals surface area contributed by atoms with Crippen LogP contribution in [-0.2, 0) is 6.54 Å². The Labute approximate surface area is 111 Å². The molecule has 0 spiro atoms. The third kappa shape index (κ3) is 3.05. The number of aromatic nitrogens is 1. The van der Waals surface area contributed by atoms with E-state index >= 15 is 0 Å². The minimum Gasteiger partial charge on any atom is -0.408 e. The highest BCUT2D eigenvalue weighted by atomic mass is 16.4. The zero-order valence-corrected chi connectivity index (χ0v) is 10.9. The summed E-state index contributed by atoms with van der Waals surface area (Å²) in [5.74, 6) is -0.396. The van der Waals surface area contributed by atoms with Crippen LogP contribution in [0.5, 0.6) is 0 Å². The Morgan fingerprint density at radius 2 is 2.37 bits per heavy atom. The van der Waals surface area contributed by atoms with Crippen molar-refractivity contribution in [3.05, 3.63) is 34.3 Å². The molecular formula is C14H19N3O2. The second kappa shape index (κ2) is 5.59. The second-order valence-corrected chi connectivity index (χ2v) is 5.10. The largest absolute Gasteiger partial charge is 0.417 e. The molecule has 3 rings (SSSR count). The summed E-state index contributed by atoms with van der Waals surface area (Å²) in [4.78, 5) is 13.7. The summed E-state index contributed by atoms with van der Waals surface area (Å²) >= 11 is 0. The fraction of sp³-hybridized carbons (Fsp3) is 0.500. The Morgan fingerprint density at radius 3 is 3.21 bits per heavy atom. The highest BCUT2D eigenvalue weighted by Crippen LogP contribution is 2.12. The van der Waals surface area contributed by atoms with Crippen LogP contribution in [0.15, 0.2) is 27.4 Å². The molecule has 102 valence electrons. The van der Waals surface area contributed by atoms with Crippen LogP contribution in [0.3, 0.4) is 0 Å². The number of benzene rings is 1. The quantitative estimate of drug-likeness (QED) is 0.711. The van der Waals surface area contributed by atoms with Crippen molar-refractivity contribution in [2.45, 2.75) is 31.8 Å². The van der Waals surface area contributed by atoms with Gasteiger partial charge >= 0.3 is 5.76 Å². The van der Waals surface area contributed by atoms with E-state index in [1.807, 2.05) is 18.2 Å². The van der Waals surface area contributed by atoms with Gasteiger partial charge in [0.05, 0.1) is 5.52 Å². The van der Waals surface area contributed by atoms with Gasteiger partial charge in [-0.2, -0.15) is 0 Å². The van der Waals surface area contributed by atoms with Gasteiger partial charge in [-0.3, -0.25) is 4.98 Å². The summed E-state index contributed by atoms with van der Waals surface area (Å²) in [5.41, 5.74) is 2.54. The molecule has 0 amide bonds. The van der Waals surface area contributed by atoms with E-state index in [1.54, 1.807) is 0 Å². The van der Waals surface area contributed by atoms with Crippen molar-refractivity contribution in [2.24, 2.45) is 0 Å². The predicted octanol–water partition coefficient (Wildman–Crippen LogP) is 1.35. The first-order chi connectivity index (χ1) is 9.31. The monoisotopic (exact) mass is 261 g/mol. The van der Waals surface area contributed by atoms with Gasteiger partial charge < -0.3 is 15.1 Å². The Morgan fingerprint density at radius 1 is 1.42 bits per heavy atom. The van der Waals surface area contributed by atoms with E-state index < -0.39 is 5.76 Å². The normalized spacial score (nSPS) is 19.3. The molecule has 5 nitrogen and oxygen atoms in total. The minimum absolute atomic E-state index is 0.396. The fourth-order valence-corrected chi connectivity index (χ4v) is 2.62. The van der Waals surface area contributed by atoms with Gasteiger partial charge in [-0.1, -0.05) is 6.07 Å². The average Bonchev–Trinajstić information content (AvgIpc) is 3.02. The van der Waals surface area contributed by atoms with Crippen molar-refractivity contribution in [1.29, 1.82) is 0 Å². The zero-order chi connectivity index (χ0) is 13.1. The first-order valence-corrected chi connectivity index (χ1v) is 6.87. The molecule has 5 heteroatoms. The van der Waals surface area contributed by atoms with Crippen LogP contribution < -0.4 is 16.4 Å². The zero-order valence-electron chi connectivity index (χ0n) is 10.9. The third-order valence-electron chi connectivity index (χ3n) is 3.64. The predicted molar refractivity (Wildman–Crippen MR) is 74.2 cm³/mol. The number of fused-ring (bicyclic) bond motifs is 1. The number of H-pyrrole nitrogens is 1. The number of hydrogen-bond donors (Lipinski definition) is 3. The van der Waals surface area contributed by atoms with Gasteiger partial charge in [0, 0.05) is 12.6 Å². The van der Waals surface area contributed by atoms with Gasteiger partial charge in [-0.05, 0) is 50.0 Å². The van der Waals surface area contributed by atoms with E-state index in [0.29, 0.717) is 11.6 Å². The number of oxazole rings is 1. The lowest BCUT2D eigenvalue weighted by Crippen LogP contribution is -2.26. The molecule has 0 aliphatic carbocycles. The van der Waals surface area contributed by atoms with E-state index in [2.05, 4.69) is 15.6 Å². The van der Waals surface area contributed by atoms with Crippen LogP contribution in [0.2, 0.25) is 0 Å². The summed E-state index contributed by atoms with van der Waals surface area (Å²) in [6.07, 6.45) is 3.77. The Balaban J connectivity index is 1.51. The molecule has 1 aromatic carbocycles. The maximum atomic E-state index is 11.1. The molecule has 2 aromatic rings. The lowest BCUT2D eigenvalue weighted by molar-refractivity contribution is 0.523. The van der Waals surface area contributed by atoms with E-state index in [4.69, 9.17) is 4.42 Å². The first-order valence-electron chi connectivity index (χ1n) is 6.87. The Hall–Kier alpha value is -1.59. The number of rotatable bonds is 5. The highest BCUT2D eigenvalue weighted by molar-refractivity contribution is 5.72. The first kappa shape index (κ1) is 12.4. The number of nitrogens with one attached hydrogen (secondary N) is 3. The molecule has 0 radical (unpaired) electrons. The van der Waals surface area contributed by atoms with Crippen molar-refractivity contribution in [2.75, 3.05) is 13.1 Å². The SMILES string of the molecule is O=c1[nH]c2cc(CNCCC3CCCN3)ccc2o1. The van der Waals surface area contributed by atoms with Gasteiger partial charge in [0.25, 0.3) is 0 Å². The molecule has 1 unspecified atom stereocenters. The number of aromatic amines is 1. The summed E-state index contributed by atoms with van der Waals surface area (Å²) in [7, 11) is 0. The molecule has 1 aliphatic heterocycles. The van der Waals surface area contributed by atoms with Crippen molar-refractivity contribution < 1.29 is 4.42 Å². The van der Waals surface area contributed by atoms with Gasteiger partial charge in [-0.15, -0.1) is 0 Å². The third-order valence-corrected chi connectivity index (χ3v) is 3.64. The van der Waals surface area contributed by atoms with Crippen LogP contribution in [0.1, 0.15) is 24.8 Å². The van der Waals surface area contributed by atoms with Crippen molar-refractivity contribution in [1.82, 2.24) is 15.6 Å². The molecule has 19 heavy (non-hydrogen) atoms. The maximum absolute atomic E-state index is 11.1. The van der Waals surface area contributed by atoms with E-state index in [0.717, 1.165) is 30.7 Å². The van der Waals surface area contributed by atoms with Gasteiger partial charge in [0.2, 0.25) is 0 Å². The Kier molecular flexibility index (Phi) is 3.66. The second-order valence-electron chi connectivity index (χ2n) is 5.10. The van der Waals surface area contributed by atoms with Gasteiger partial charge in [-0.25, -0.2) is 4.79 Å². The van der Waals surface area contributed by atoms with Crippen LogP contribution >= 0.6 is 0 Å². The average molecular weight is 261 g/mol.